The predicted octanol–water partition coefficient (Wildman–Crippen LogP) is 2.75. The molecule has 0 spiro atoms. The zero-order chi connectivity index (χ0) is 16.6. The standard InChI is InChI=1S/C7H2ClF5N2O5S/c8-21(18,19)6-4(20-7(11,12)13)2(5(9)10)1-3(14-6)15(16)17/h1,5H. The van der Waals surface area contributed by atoms with Gasteiger partial charge in [0.1, 0.15) is 0 Å². The quantitative estimate of drug-likeness (QED) is 0.356. The van der Waals surface area contributed by atoms with E-state index in [1.807, 2.05) is 0 Å². The number of pyridine rings is 1. The molecule has 0 aliphatic carbocycles. The zero-order valence-electron chi connectivity index (χ0n) is 9.27. The van der Waals surface area contributed by atoms with Crippen LogP contribution in [0, 0.1) is 10.1 Å². The molecule has 0 N–H and O–H groups in total. The van der Waals surface area contributed by atoms with Gasteiger partial charge in [-0.25, -0.2) is 17.2 Å². The van der Waals surface area contributed by atoms with Gasteiger partial charge in [-0.3, -0.25) is 0 Å². The molecular formula is C7H2ClF5N2O5S. The first kappa shape index (κ1) is 17.3. The third-order valence-electron chi connectivity index (χ3n) is 1.83. The van der Waals surface area contributed by atoms with Gasteiger partial charge in [-0.2, -0.15) is 0 Å². The minimum Gasteiger partial charge on any atom is -0.400 e. The molecule has 0 amide bonds. The predicted molar refractivity (Wildman–Crippen MR) is 55.6 cm³/mol. The van der Waals surface area contributed by atoms with Crippen molar-refractivity contribution >= 4 is 25.6 Å². The minimum absolute atomic E-state index is 0.0443. The van der Waals surface area contributed by atoms with Crippen LogP contribution in [0.5, 0.6) is 5.75 Å². The first-order chi connectivity index (χ1) is 9.33. The summed E-state index contributed by atoms with van der Waals surface area (Å²) in [6.45, 7) is 0. The number of aromatic nitrogens is 1. The lowest BCUT2D eigenvalue weighted by atomic mass is 10.2. The van der Waals surface area contributed by atoms with Gasteiger partial charge < -0.3 is 14.9 Å². The maximum Gasteiger partial charge on any atom is 0.573 e. The number of hydrogen-bond acceptors (Lipinski definition) is 6. The van der Waals surface area contributed by atoms with E-state index in [2.05, 4.69) is 9.72 Å². The maximum absolute atomic E-state index is 12.7. The van der Waals surface area contributed by atoms with Gasteiger partial charge in [0.05, 0.1) is 5.56 Å². The third-order valence-corrected chi connectivity index (χ3v) is 3.01. The molecule has 0 aromatic carbocycles. The molecule has 14 heteroatoms. The Balaban J connectivity index is 3.75. The summed E-state index contributed by atoms with van der Waals surface area (Å²) in [6.07, 6.45) is -9.25. The fraction of sp³-hybridized carbons (Fsp3) is 0.286. The molecule has 0 aliphatic heterocycles. The van der Waals surface area contributed by atoms with Gasteiger partial charge in [0.25, 0.3) is 6.43 Å². The SMILES string of the molecule is O=[N+]([O-])c1cc(C(F)F)c(OC(F)(F)F)c(S(=O)(=O)Cl)n1. The van der Waals surface area contributed by atoms with Gasteiger partial charge in [-0.1, -0.05) is 0 Å². The normalized spacial score (nSPS) is 12.5. The molecule has 0 unspecified atom stereocenters. The second-order valence-electron chi connectivity index (χ2n) is 3.25. The topological polar surface area (TPSA) is 99.4 Å². The van der Waals surface area contributed by atoms with Crippen molar-refractivity contribution < 1.29 is 40.0 Å². The molecular weight excluding hydrogens is 355 g/mol. The van der Waals surface area contributed by atoms with E-state index in [0.29, 0.717) is 0 Å². The molecule has 0 saturated carbocycles. The van der Waals surface area contributed by atoms with Crippen molar-refractivity contribution in [3.63, 3.8) is 0 Å². The van der Waals surface area contributed by atoms with Crippen LogP contribution in [0.15, 0.2) is 11.1 Å². The van der Waals surface area contributed by atoms with E-state index in [1.165, 1.54) is 0 Å². The number of nitro groups is 1. The van der Waals surface area contributed by atoms with Crippen LogP contribution >= 0.6 is 10.7 Å². The molecule has 21 heavy (non-hydrogen) atoms. The fourth-order valence-electron chi connectivity index (χ4n) is 1.15. The average Bonchev–Trinajstić information content (AvgIpc) is 2.24. The van der Waals surface area contributed by atoms with Gasteiger partial charge >= 0.3 is 26.3 Å². The van der Waals surface area contributed by atoms with Gasteiger partial charge in [0, 0.05) is 16.7 Å². The molecule has 1 aromatic heterocycles. The Hall–Kier alpha value is -1.76. The molecule has 1 aromatic rings. The van der Waals surface area contributed by atoms with Crippen LogP contribution in [0.2, 0.25) is 0 Å². The maximum atomic E-state index is 12.7. The number of hydrogen-bond donors (Lipinski definition) is 0. The van der Waals surface area contributed by atoms with Crippen LogP contribution in [0.1, 0.15) is 12.0 Å². The number of alkyl halides is 5. The van der Waals surface area contributed by atoms with Crippen LogP contribution < -0.4 is 4.74 Å². The van der Waals surface area contributed by atoms with Gasteiger partial charge in [-0.15, -0.1) is 13.2 Å². The van der Waals surface area contributed by atoms with E-state index in [0.717, 1.165) is 0 Å². The van der Waals surface area contributed by atoms with E-state index in [-0.39, 0.29) is 6.07 Å². The Labute approximate surface area is 116 Å². The summed E-state index contributed by atoms with van der Waals surface area (Å²) in [5, 5.41) is 8.62. The monoisotopic (exact) mass is 356 g/mol. The molecule has 0 saturated heterocycles. The van der Waals surface area contributed by atoms with Crippen molar-refractivity contribution in [2.45, 2.75) is 17.8 Å². The summed E-state index contributed by atoms with van der Waals surface area (Å²) >= 11 is 0. The fourth-order valence-corrected chi connectivity index (χ4v) is 2.05. The molecule has 7 nitrogen and oxygen atoms in total. The molecule has 1 heterocycles. The summed E-state index contributed by atoms with van der Waals surface area (Å²) in [5.74, 6) is -3.35. The van der Waals surface area contributed by atoms with Crippen molar-refractivity contribution in [2.24, 2.45) is 0 Å². The number of rotatable bonds is 4. The third kappa shape index (κ3) is 4.35. The first-order valence-corrected chi connectivity index (χ1v) is 6.81. The second kappa shape index (κ2) is 5.55. The summed E-state index contributed by atoms with van der Waals surface area (Å²) < 4.78 is 87.1. The Kier molecular flexibility index (Phi) is 4.57. The highest BCUT2D eigenvalue weighted by atomic mass is 35.7. The molecule has 0 atom stereocenters. The van der Waals surface area contributed by atoms with Crippen LogP contribution in [0.25, 0.3) is 0 Å². The lowest BCUT2D eigenvalue weighted by Crippen LogP contribution is -2.20. The van der Waals surface area contributed by atoms with Crippen molar-refractivity contribution in [1.29, 1.82) is 0 Å². The van der Waals surface area contributed by atoms with E-state index >= 15 is 0 Å². The molecule has 0 radical (unpaired) electrons. The minimum atomic E-state index is -5.54. The lowest BCUT2D eigenvalue weighted by molar-refractivity contribution is -0.390. The number of halogens is 6. The summed E-state index contributed by atoms with van der Waals surface area (Å²) in [6, 6.07) is -0.0443. The van der Waals surface area contributed by atoms with Gasteiger partial charge in [-0.05, 0) is 9.91 Å². The van der Waals surface area contributed by atoms with Gasteiger partial charge in [0.2, 0.25) is 5.75 Å². The highest BCUT2D eigenvalue weighted by molar-refractivity contribution is 8.13. The lowest BCUT2D eigenvalue weighted by Gasteiger charge is -2.13. The summed E-state index contributed by atoms with van der Waals surface area (Å²) in [4.78, 5) is 11.8. The van der Waals surface area contributed by atoms with Crippen LogP contribution in [-0.2, 0) is 9.05 Å². The number of nitrogens with zero attached hydrogens (tertiary/aromatic N) is 2. The van der Waals surface area contributed by atoms with Crippen LogP contribution in [0.3, 0.4) is 0 Å². The van der Waals surface area contributed by atoms with Gasteiger partial charge in [0.15, 0.2) is 0 Å². The van der Waals surface area contributed by atoms with Crippen LogP contribution in [-0.4, -0.2) is 24.7 Å². The Morgan fingerprint density at radius 1 is 1.38 bits per heavy atom. The van der Waals surface area contributed by atoms with E-state index < -0.39 is 48.9 Å². The Morgan fingerprint density at radius 3 is 2.24 bits per heavy atom. The van der Waals surface area contributed by atoms with Crippen molar-refractivity contribution in [1.82, 2.24) is 4.98 Å². The first-order valence-electron chi connectivity index (χ1n) is 4.51. The average molecular weight is 357 g/mol. The summed E-state index contributed by atoms with van der Waals surface area (Å²) in [5.41, 5.74) is -1.69. The second-order valence-corrected chi connectivity index (χ2v) is 5.73. The highest BCUT2D eigenvalue weighted by Crippen LogP contribution is 2.40. The largest absolute Gasteiger partial charge is 0.573 e. The van der Waals surface area contributed by atoms with Crippen LogP contribution in [0.4, 0.5) is 27.8 Å². The smallest absolute Gasteiger partial charge is 0.400 e. The van der Waals surface area contributed by atoms with Crippen molar-refractivity contribution in [2.75, 3.05) is 0 Å². The highest BCUT2D eigenvalue weighted by Gasteiger charge is 2.41. The molecule has 118 valence electrons. The molecule has 0 fully saturated rings. The Morgan fingerprint density at radius 2 is 1.90 bits per heavy atom. The number of ether oxygens (including phenoxy) is 1. The zero-order valence-corrected chi connectivity index (χ0v) is 10.8. The molecule has 0 bridgehead atoms. The Bertz CT molecular complexity index is 677. The van der Waals surface area contributed by atoms with E-state index in [4.69, 9.17) is 10.7 Å². The van der Waals surface area contributed by atoms with E-state index in [1.54, 1.807) is 0 Å². The van der Waals surface area contributed by atoms with Crippen molar-refractivity contribution in [3.8, 4) is 5.75 Å². The van der Waals surface area contributed by atoms with Crippen molar-refractivity contribution in [3.05, 3.63) is 21.7 Å². The summed E-state index contributed by atoms with van der Waals surface area (Å²) in [7, 11) is -0.379. The molecule has 1 rings (SSSR count). The molecule has 0 aliphatic rings. The van der Waals surface area contributed by atoms with E-state index in [9.17, 15) is 40.5 Å².